The Morgan fingerprint density at radius 1 is 1.25 bits per heavy atom. The summed E-state index contributed by atoms with van der Waals surface area (Å²) >= 11 is 4.18. The van der Waals surface area contributed by atoms with Crippen LogP contribution in [0.4, 0.5) is 0 Å². The van der Waals surface area contributed by atoms with E-state index in [-0.39, 0.29) is 5.91 Å². The van der Waals surface area contributed by atoms with Gasteiger partial charge in [-0.25, -0.2) is 0 Å². The maximum absolute atomic E-state index is 11.7. The fourth-order valence-electron chi connectivity index (χ4n) is 1.20. The minimum Gasteiger partial charge on any atom is -0.352 e. The van der Waals surface area contributed by atoms with E-state index >= 15 is 0 Å². The molecule has 1 unspecified atom stereocenters. The maximum atomic E-state index is 11.7. The lowest BCUT2D eigenvalue weighted by Crippen LogP contribution is -2.30. The summed E-state index contributed by atoms with van der Waals surface area (Å²) in [6.07, 6.45) is 0. The summed E-state index contributed by atoms with van der Waals surface area (Å²) in [7, 11) is 0. The van der Waals surface area contributed by atoms with Crippen LogP contribution in [0.15, 0.2) is 29.2 Å². The Labute approximate surface area is 103 Å². The van der Waals surface area contributed by atoms with Crippen LogP contribution in [-0.2, 0) is 0 Å². The third-order valence-electron chi connectivity index (χ3n) is 2.85. The fourth-order valence-corrected chi connectivity index (χ4v) is 1.35. The second-order valence-electron chi connectivity index (χ2n) is 4.48. The first kappa shape index (κ1) is 13.1. The number of carbonyl (C=O) groups is 1. The Bertz CT molecular complexity index is 345. The smallest absolute Gasteiger partial charge is 0.251 e. The lowest BCUT2D eigenvalue weighted by Gasteiger charge is -2.16. The molecule has 1 atom stereocenters. The highest BCUT2D eigenvalue weighted by atomic mass is 32.1. The number of amides is 1. The molecule has 0 saturated heterocycles. The first-order valence-corrected chi connectivity index (χ1v) is 6.02. The van der Waals surface area contributed by atoms with Crippen molar-refractivity contribution in [3.05, 3.63) is 29.8 Å². The van der Waals surface area contributed by atoms with Crippen molar-refractivity contribution >= 4 is 18.5 Å². The molecule has 0 bridgehead atoms. The minimum absolute atomic E-state index is 0.0131. The molecule has 1 aromatic rings. The summed E-state index contributed by atoms with van der Waals surface area (Å²) in [5.74, 6) is 1.06. The van der Waals surface area contributed by atoms with Crippen molar-refractivity contribution < 1.29 is 4.79 Å². The van der Waals surface area contributed by atoms with Gasteiger partial charge in [-0.15, -0.1) is 12.6 Å². The van der Waals surface area contributed by atoms with E-state index in [9.17, 15) is 4.79 Å². The highest BCUT2D eigenvalue weighted by molar-refractivity contribution is 7.80. The van der Waals surface area contributed by atoms with Crippen LogP contribution in [0.5, 0.6) is 0 Å². The predicted octanol–water partition coefficient (Wildman–Crippen LogP) is 3.00. The molecule has 0 fully saturated rings. The zero-order chi connectivity index (χ0) is 12.1. The highest BCUT2D eigenvalue weighted by Crippen LogP contribution is 2.10. The van der Waals surface area contributed by atoms with E-state index in [1.165, 1.54) is 0 Å². The lowest BCUT2D eigenvalue weighted by atomic mass is 9.98. The molecule has 1 aromatic carbocycles. The molecular weight excluding hydrogens is 218 g/mol. The molecule has 3 heteroatoms. The van der Waals surface area contributed by atoms with Gasteiger partial charge in [-0.3, -0.25) is 4.79 Å². The van der Waals surface area contributed by atoms with Gasteiger partial charge in [0.2, 0.25) is 0 Å². The summed E-state index contributed by atoms with van der Waals surface area (Å²) in [4.78, 5) is 12.6. The fraction of sp³-hybridized carbons (Fsp3) is 0.462. The van der Waals surface area contributed by atoms with E-state index in [1.54, 1.807) is 12.1 Å². The van der Waals surface area contributed by atoms with Gasteiger partial charge >= 0.3 is 0 Å². The molecule has 0 aliphatic heterocycles. The van der Waals surface area contributed by atoms with E-state index < -0.39 is 0 Å². The molecule has 1 amide bonds. The Balaban J connectivity index is 2.50. The SMILES string of the molecule is CC(C)C(C)CNC(=O)c1ccc(S)cc1. The summed E-state index contributed by atoms with van der Waals surface area (Å²) < 4.78 is 0. The third-order valence-corrected chi connectivity index (χ3v) is 3.15. The van der Waals surface area contributed by atoms with Crippen molar-refractivity contribution in [2.24, 2.45) is 11.8 Å². The van der Waals surface area contributed by atoms with E-state index in [0.717, 1.165) is 11.4 Å². The second-order valence-corrected chi connectivity index (χ2v) is 4.99. The molecule has 0 aliphatic carbocycles. The molecule has 1 rings (SSSR count). The first-order valence-electron chi connectivity index (χ1n) is 5.58. The Hall–Kier alpha value is -0.960. The molecule has 0 radical (unpaired) electrons. The number of benzene rings is 1. The van der Waals surface area contributed by atoms with Crippen molar-refractivity contribution in [2.45, 2.75) is 25.7 Å². The predicted molar refractivity (Wildman–Crippen MR) is 70.0 cm³/mol. The van der Waals surface area contributed by atoms with Crippen LogP contribution >= 0.6 is 12.6 Å². The second kappa shape index (κ2) is 5.94. The van der Waals surface area contributed by atoms with Gasteiger partial charge in [-0.05, 0) is 36.1 Å². The summed E-state index contributed by atoms with van der Waals surface area (Å²) in [6, 6.07) is 7.23. The molecule has 1 N–H and O–H groups in total. The monoisotopic (exact) mass is 237 g/mol. The molecule has 0 spiro atoms. The molecule has 88 valence electrons. The van der Waals surface area contributed by atoms with Crippen LogP contribution in [0.1, 0.15) is 31.1 Å². The quantitative estimate of drug-likeness (QED) is 0.774. The Morgan fingerprint density at radius 2 is 1.81 bits per heavy atom. The van der Waals surface area contributed by atoms with Crippen LogP contribution in [0.2, 0.25) is 0 Å². The van der Waals surface area contributed by atoms with Gasteiger partial charge in [-0.2, -0.15) is 0 Å². The van der Waals surface area contributed by atoms with Crippen LogP contribution < -0.4 is 5.32 Å². The number of hydrogen-bond acceptors (Lipinski definition) is 2. The van der Waals surface area contributed by atoms with E-state index in [4.69, 9.17) is 0 Å². The summed E-state index contributed by atoms with van der Waals surface area (Å²) in [5, 5.41) is 2.94. The summed E-state index contributed by atoms with van der Waals surface area (Å²) in [6.45, 7) is 7.18. The normalized spacial score (nSPS) is 12.6. The minimum atomic E-state index is -0.0131. The van der Waals surface area contributed by atoms with Crippen LogP contribution in [0, 0.1) is 11.8 Å². The van der Waals surface area contributed by atoms with E-state index in [0.29, 0.717) is 17.4 Å². The molecule has 2 nitrogen and oxygen atoms in total. The van der Waals surface area contributed by atoms with Gasteiger partial charge in [0, 0.05) is 17.0 Å². The largest absolute Gasteiger partial charge is 0.352 e. The van der Waals surface area contributed by atoms with Crippen molar-refractivity contribution in [1.29, 1.82) is 0 Å². The number of hydrogen-bond donors (Lipinski definition) is 2. The number of carbonyl (C=O) groups excluding carboxylic acids is 1. The van der Waals surface area contributed by atoms with E-state index in [1.807, 2.05) is 12.1 Å². The molecule has 0 saturated carbocycles. The zero-order valence-corrected chi connectivity index (χ0v) is 10.9. The van der Waals surface area contributed by atoms with Crippen molar-refractivity contribution in [2.75, 3.05) is 6.54 Å². The van der Waals surface area contributed by atoms with Crippen LogP contribution in [-0.4, -0.2) is 12.5 Å². The van der Waals surface area contributed by atoms with E-state index in [2.05, 4.69) is 38.7 Å². The molecule has 0 aromatic heterocycles. The van der Waals surface area contributed by atoms with Gasteiger partial charge in [-0.1, -0.05) is 20.8 Å². The average molecular weight is 237 g/mol. The van der Waals surface area contributed by atoms with Crippen molar-refractivity contribution in [3.8, 4) is 0 Å². The van der Waals surface area contributed by atoms with Gasteiger partial charge in [0.1, 0.15) is 0 Å². The van der Waals surface area contributed by atoms with Gasteiger partial charge < -0.3 is 5.32 Å². The molecule has 16 heavy (non-hydrogen) atoms. The maximum Gasteiger partial charge on any atom is 0.251 e. The van der Waals surface area contributed by atoms with Crippen LogP contribution in [0.25, 0.3) is 0 Å². The van der Waals surface area contributed by atoms with Gasteiger partial charge in [0.05, 0.1) is 0 Å². The zero-order valence-electron chi connectivity index (χ0n) is 10.0. The Kier molecular flexibility index (Phi) is 4.87. The lowest BCUT2D eigenvalue weighted by molar-refractivity contribution is 0.0945. The number of rotatable bonds is 4. The van der Waals surface area contributed by atoms with Crippen molar-refractivity contribution in [1.82, 2.24) is 5.32 Å². The highest BCUT2D eigenvalue weighted by Gasteiger charge is 2.10. The number of thiol groups is 1. The first-order chi connectivity index (χ1) is 7.50. The molecule has 0 aliphatic rings. The topological polar surface area (TPSA) is 29.1 Å². The van der Waals surface area contributed by atoms with Crippen molar-refractivity contribution in [3.63, 3.8) is 0 Å². The van der Waals surface area contributed by atoms with Gasteiger partial charge in [0.15, 0.2) is 0 Å². The number of nitrogens with one attached hydrogen (secondary N) is 1. The summed E-state index contributed by atoms with van der Waals surface area (Å²) in [5.41, 5.74) is 0.689. The van der Waals surface area contributed by atoms with Gasteiger partial charge in [0.25, 0.3) is 5.91 Å². The molecule has 0 heterocycles. The third kappa shape index (κ3) is 3.89. The average Bonchev–Trinajstić information content (AvgIpc) is 2.26. The van der Waals surface area contributed by atoms with Crippen LogP contribution in [0.3, 0.4) is 0 Å². The standard InChI is InChI=1S/C13H19NOS/c1-9(2)10(3)8-14-13(15)11-4-6-12(16)7-5-11/h4-7,9-10,16H,8H2,1-3H3,(H,14,15). The molecular formula is C13H19NOS. The Morgan fingerprint density at radius 3 is 2.31 bits per heavy atom.